The number of thioether (sulfide) groups is 2. The van der Waals surface area contributed by atoms with E-state index in [4.69, 9.17) is 0 Å². The molecule has 2 rings (SSSR count). The summed E-state index contributed by atoms with van der Waals surface area (Å²) < 4.78 is -0.0692. The molecule has 1 aliphatic heterocycles. The standard InChI is InChI=1S/C12H14N2O2S2/c15-10-5-2-1-4-9(10)8-13-14-11(16)12-17-6-3-7-18-12/h1-2,4-5,8,12,15H,3,6-7H2,(H,14,16)/b13-8+. The zero-order chi connectivity index (χ0) is 12.8. The van der Waals surface area contributed by atoms with Crippen molar-refractivity contribution in [3.63, 3.8) is 0 Å². The predicted octanol–water partition coefficient (Wildman–Crippen LogP) is 2.04. The molecule has 96 valence electrons. The maximum Gasteiger partial charge on any atom is 0.263 e. The first-order valence-corrected chi connectivity index (χ1v) is 7.71. The lowest BCUT2D eigenvalue weighted by Gasteiger charge is -2.18. The number of rotatable bonds is 3. The van der Waals surface area contributed by atoms with E-state index in [2.05, 4.69) is 10.5 Å². The second kappa shape index (κ2) is 6.70. The third kappa shape index (κ3) is 3.68. The molecule has 0 radical (unpaired) electrons. The third-order valence-electron chi connectivity index (χ3n) is 2.36. The van der Waals surface area contributed by atoms with Gasteiger partial charge < -0.3 is 5.11 Å². The molecule has 0 aliphatic carbocycles. The number of phenols is 1. The predicted molar refractivity (Wildman–Crippen MR) is 77.2 cm³/mol. The highest BCUT2D eigenvalue weighted by Crippen LogP contribution is 2.30. The number of carbonyl (C=O) groups is 1. The Balaban J connectivity index is 1.87. The van der Waals surface area contributed by atoms with E-state index < -0.39 is 0 Å². The summed E-state index contributed by atoms with van der Waals surface area (Å²) in [5.41, 5.74) is 3.09. The number of nitrogens with one attached hydrogen (secondary N) is 1. The average Bonchev–Trinajstić information content (AvgIpc) is 2.42. The second-order valence-electron chi connectivity index (χ2n) is 3.72. The van der Waals surface area contributed by atoms with E-state index in [1.165, 1.54) is 6.21 Å². The van der Waals surface area contributed by atoms with Crippen LogP contribution in [-0.2, 0) is 4.79 Å². The Morgan fingerprint density at radius 3 is 2.83 bits per heavy atom. The number of amides is 1. The van der Waals surface area contributed by atoms with Crippen LogP contribution in [-0.4, -0.2) is 33.3 Å². The third-order valence-corrected chi connectivity index (χ3v) is 5.26. The molecule has 1 fully saturated rings. The molecule has 4 nitrogen and oxygen atoms in total. The number of nitrogens with zero attached hydrogens (tertiary/aromatic N) is 1. The van der Waals surface area contributed by atoms with Gasteiger partial charge in [-0.2, -0.15) is 5.10 Å². The van der Waals surface area contributed by atoms with Crippen molar-refractivity contribution in [2.45, 2.75) is 11.0 Å². The maximum absolute atomic E-state index is 11.7. The lowest BCUT2D eigenvalue weighted by atomic mass is 10.2. The van der Waals surface area contributed by atoms with E-state index >= 15 is 0 Å². The Kier molecular flexibility index (Phi) is 4.95. The SMILES string of the molecule is O=C(N/N=C/c1ccccc1O)C1SCCCS1. The van der Waals surface area contributed by atoms with Gasteiger partial charge in [0.2, 0.25) is 0 Å². The molecule has 0 spiro atoms. The van der Waals surface area contributed by atoms with Crippen LogP contribution in [0.5, 0.6) is 5.75 Å². The summed E-state index contributed by atoms with van der Waals surface area (Å²) in [6.07, 6.45) is 2.60. The van der Waals surface area contributed by atoms with Gasteiger partial charge in [0, 0.05) is 5.56 Å². The fraction of sp³-hybridized carbons (Fsp3) is 0.333. The summed E-state index contributed by atoms with van der Waals surface area (Å²) >= 11 is 3.30. The van der Waals surface area contributed by atoms with Crippen molar-refractivity contribution < 1.29 is 9.90 Å². The van der Waals surface area contributed by atoms with Crippen LogP contribution < -0.4 is 5.43 Å². The Morgan fingerprint density at radius 2 is 2.11 bits per heavy atom. The van der Waals surface area contributed by atoms with Gasteiger partial charge in [-0.05, 0) is 30.1 Å². The van der Waals surface area contributed by atoms with Crippen molar-refractivity contribution in [1.82, 2.24) is 5.43 Å². The number of aromatic hydroxyl groups is 1. The highest BCUT2D eigenvalue weighted by molar-refractivity contribution is 8.18. The van der Waals surface area contributed by atoms with Crippen LogP contribution in [0, 0.1) is 0 Å². The number of hydrogen-bond acceptors (Lipinski definition) is 5. The molecular formula is C12H14N2O2S2. The van der Waals surface area contributed by atoms with Crippen molar-refractivity contribution >= 4 is 35.6 Å². The largest absolute Gasteiger partial charge is 0.507 e. The van der Waals surface area contributed by atoms with Gasteiger partial charge in [-0.3, -0.25) is 4.79 Å². The number of hydrazone groups is 1. The van der Waals surface area contributed by atoms with Crippen molar-refractivity contribution in [2.24, 2.45) is 5.10 Å². The fourth-order valence-electron chi connectivity index (χ4n) is 1.45. The summed E-state index contributed by atoms with van der Waals surface area (Å²) in [6.45, 7) is 0. The number of carbonyl (C=O) groups excluding carboxylic acids is 1. The molecule has 18 heavy (non-hydrogen) atoms. The van der Waals surface area contributed by atoms with Gasteiger partial charge in [0.15, 0.2) is 0 Å². The minimum absolute atomic E-state index is 0.0692. The van der Waals surface area contributed by atoms with Crippen molar-refractivity contribution in [3.8, 4) is 5.75 Å². The first kappa shape index (κ1) is 13.3. The second-order valence-corrected chi connectivity index (χ2v) is 6.44. The van der Waals surface area contributed by atoms with Crippen LogP contribution in [0.15, 0.2) is 29.4 Å². The summed E-state index contributed by atoms with van der Waals surface area (Å²) in [5.74, 6) is 2.11. The molecule has 0 saturated carbocycles. The molecule has 1 saturated heterocycles. The Bertz CT molecular complexity index is 445. The topological polar surface area (TPSA) is 61.7 Å². The molecule has 0 bridgehead atoms. The zero-order valence-corrected chi connectivity index (χ0v) is 11.3. The minimum atomic E-state index is -0.0867. The molecule has 0 aromatic heterocycles. The first-order valence-electron chi connectivity index (χ1n) is 5.61. The van der Waals surface area contributed by atoms with Crippen LogP contribution in [0.3, 0.4) is 0 Å². The van der Waals surface area contributed by atoms with E-state index in [-0.39, 0.29) is 16.2 Å². The average molecular weight is 282 g/mol. The van der Waals surface area contributed by atoms with Crippen molar-refractivity contribution in [1.29, 1.82) is 0 Å². The van der Waals surface area contributed by atoms with Crippen LogP contribution in [0.1, 0.15) is 12.0 Å². The monoisotopic (exact) mass is 282 g/mol. The smallest absolute Gasteiger partial charge is 0.263 e. The van der Waals surface area contributed by atoms with Crippen LogP contribution in [0.2, 0.25) is 0 Å². The summed E-state index contributed by atoms with van der Waals surface area (Å²) in [5, 5.41) is 13.4. The van der Waals surface area contributed by atoms with Gasteiger partial charge in [0.1, 0.15) is 10.3 Å². The van der Waals surface area contributed by atoms with Gasteiger partial charge in [-0.25, -0.2) is 5.43 Å². The molecular weight excluding hydrogens is 268 g/mol. The summed E-state index contributed by atoms with van der Waals surface area (Å²) in [6, 6.07) is 6.85. The summed E-state index contributed by atoms with van der Waals surface area (Å²) in [4.78, 5) is 11.7. The van der Waals surface area contributed by atoms with E-state index in [1.54, 1.807) is 47.8 Å². The van der Waals surface area contributed by atoms with Crippen LogP contribution in [0.25, 0.3) is 0 Å². The molecule has 0 atom stereocenters. The Hall–Kier alpha value is -1.14. The van der Waals surface area contributed by atoms with E-state index in [1.807, 2.05) is 0 Å². The van der Waals surface area contributed by atoms with Gasteiger partial charge in [0.25, 0.3) is 5.91 Å². The molecule has 2 N–H and O–H groups in total. The zero-order valence-electron chi connectivity index (χ0n) is 9.70. The minimum Gasteiger partial charge on any atom is -0.507 e. The van der Waals surface area contributed by atoms with Crippen LogP contribution >= 0.6 is 23.5 Å². The quantitative estimate of drug-likeness (QED) is 0.658. The van der Waals surface area contributed by atoms with Gasteiger partial charge in [-0.15, -0.1) is 23.5 Å². The van der Waals surface area contributed by atoms with E-state index in [0.29, 0.717) is 5.56 Å². The first-order chi connectivity index (χ1) is 8.77. The highest BCUT2D eigenvalue weighted by atomic mass is 32.2. The lowest BCUT2D eigenvalue weighted by Crippen LogP contribution is -2.29. The van der Waals surface area contributed by atoms with Crippen molar-refractivity contribution in [2.75, 3.05) is 11.5 Å². The van der Waals surface area contributed by atoms with E-state index in [9.17, 15) is 9.90 Å². The maximum atomic E-state index is 11.7. The van der Waals surface area contributed by atoms with Crippen LogP contribution in [0.4, 0.5) is 0 Å². The normalized spacial score (nSPS) is 16.9. The van der Waals surface area contributed by atoms with E-state index in [0.717, 1.165) is 17.9 Å². The highest BCUT2D eigenvalue weighted by Gasteiger charge is 2.21. The molecule has 0 unspecified atom stereocenters. The molecule has 1 amide bonds. The molecule has 6 heteroatoms. The number of para-hydroxylation sites is 1. The number of benzene rings is 1. The van der Waals surface area contributed by atoms with Gasteiger partial charge in [0.05, 0.1) is 6.21 Å². The lowest BCUT2D eigenvalue weighted by molar-refractivity contribution is -0.119. The summed E-state index contributed by atoms with van der Waals surface area (Å²) in [7, 11) is 0. The Morgan fingerprint density at radius 1 is 1.39 bits per heavy atom. The molecule has 1 aliphatic rings. The van der Waals surface area contributed by atoms with Crippen molar-refractivity contribution in [3.05, 3.63) is 29.8 Å². The molecule has 1 aromatic rings. The fourth-order valence-corrected chi connectivity index (χ4v) is 4.06. The molecule has 1 heterocycles. The Labute approximate surface area is 114 Å². The molecule has 1 aromatic carbocycles. The number of hydrogen-bond donors (Lipinski definition) is 2. The number of phenolic OH excluding ortho intramolecular Hbond substituents is 1. The van der Waals surface area contributed by atoms with Gasteiger partial charge >= 0.3 is 0 Å². The van der Waals surface area contributed by atoms with Gasteiger partial charge in [-0.1, -0.05) is 12.1 Å².